The smallest absolute Gasteiger partial charge is 0.320 e. The first-order chi connectivity index (χ1) is 33.2. The molecule has 4 heterocycles. The molecule has 0 fully saturated rings. The van der Waals surface area contributed by atoms with Gasteiger partial charge in [-0.25, -0.2) is 28.9 Å². The average molecular weight is 929 g/mol. The van der Waals surface area contributed by atoms with Crippen molar-refractivity contribution in [2.75, 3.05) is 21.3 Å². The molecule has 0 unspecified atom stereocenters. The number of amides is 6. The first-order valence-electron chi connectivity index (χ1n) is 21.2. The fraction of sp³-hybridized carbons (Fsp3) is 0.102. The number of pyridine rings is 2. The van der Waals surface area contributed by atoms with Crippen molar-refractivity contribution in [1.29, 1.82) is 0 Å². The standard InChI is InChI=1S/C49H44N12O8/c1-29-42(46(64)60(58(29)3)34-10-6-5-7-11-34)44(62)54-32-15-19-37(20-16-32)69-39-22-24-52-41(27-39)57-49(67)53-28-31-9-8-12-35(25-31)61-47(65)43(30(2)59(61)4)45(63)55-33-13-17-36(18-14-33)68-38-21-23-51-40(26-38)56-48(50)66/h5-27H,28H2,1-4H3,(H,54,62)(H,55,63)(H3,50,51,56,66)(H2,52,53,57,67). The molecule has 0 aliphatic rings. The highest BCUT2D eigenvalue weighted by Crippen LogP contribution is 2.27. The normalized spacial score (nSPS) is 10.8. The lowest BCUT2D eigenvalue weighted by molar-refractivity contribution is 0.101. The number of urea groups is 2. The maximum absolute atomic E-state index is 13.8. The van der Waals surface area contributed by atoms with Gasteiger partial charge < -0.3 is 31.2 Å². The molecular formula is C49H44N12O8. The molecule has 7 N–H and O–H groups in total. The number of anilines is 4. The highest BCUT2D eigenvalue weighted by atomic mass is 16.5. The summed E-state index contributed by atoms with van der Waals surface area (Å²) < 4.78 is 17.8. The Morgan fingerprint density at radius 2 is 1.03 bits per heavy atom. The van der Waals surface area contributed by atoms with Crippen LogP contribution in [-0.2, 0) is 20.6 Å². The Morgan fingerprint density at radius 3 is 1.54 bits per heavy atom. The zero-order chi connectivity index (χ0) is 48.8. The van der Waals surface area contributed by atoms with Crippen LogP contribution in [0.15, 0.2) is 149 Å². The summed E-state index contributed by atoms with van der Waals surface area (Å²) in [4.78, 5) is 86.2. The van der Waals surface area contributed by atoms with E-state index in [1.807, 2.05) is 18.2 Å². The molecule has 4 aromatic carbocycles. The van der Waals surface area contributed by atoms with Crippen molar-refractivity contribution in [3.05, 3.63) is 189 Å². The van der Waals surface area contributed by atoms with E-state index in [1.54, 1.807) is 140 Å². The van der Waals surface area contributed by atoms with Crippen LogP contribution >= 0.6 is 0 Å². The minimum Gasteiger partial charge on any atom is -0.457 e. The first kappa shape index (κ1) is 45.8. The molecule has 8 rings (SSSR count). The van der Waals surface area contributed by atoms with Gasteiger partial charge in [-0.1, -0.05) is 30.3 Å². The van der Waals surface area contributed by atoms with Crippen LogP contribution in [0.1, 0.15) is 37.7 Å². The number of hydrogen-bond donors (Lipinski definition) is 6. The van der Waals surface area contributed by atoms with E-state index < -0.39 is 35.0 Å². The van der Waals surface area contributed by atoms with Gasteiger partial charge in [-0.3, -0.25) is 39.2 Å². The highest BCUT2D eigenvalue weighted by Gasteiger charge is 2.24. The zero-order valence-corrected chi connectivity index (χ0v) is 37.5. The van der Waals surface area contributed by atoms with Gasteiger partial charge in [0.1, 0.15) is 45.8 Å². The number of nitrogens with two attached hydrogens (primary N) is 1. The molecule has 69 heavy (non-hydrogen) atoms. The maximum Gasteiger partial charge on any atom is 0.320 e. The Morgan fingerprint density at radius 1 is 0.551 bits per heavy atom. The van der Waals surface area contributed by atoms with Crippen molar-refractivity contribution >= 4 is 46.9 Å². The number of nitrogens with zero attached hydrogens (tertiary/aromatic N) is 6. The van der Waals surface area contributed by atoms with Crippen LogP contribution in [0.4, 0.5) is 32.6 Å². The summed E-state index contributed by atoms with van der Waals surface area (Å²) in [6, 6.07) is 34.1. The second-order valence-electron chi connectivity index (χ2n) is 15.4. The summed E-state index contributed by atoms with van der Waals surface area (Å²) in [6.07, 6.45) is 2.92. The van der Waals surface area contributed by atoms with E-state index in [9.17, 15) is 28.8 Å². The lowest BCUT2D eigenvalue weighted by atomic mass is 10.2. The molecule has 6 amide bonds. The van der Waals surface area contributed by atoms with Crippen LogP contribution in [-0.4, -0.2) is 52.6 Å². The highest BCUT2D eigenvalue weighted by molar-refractivity contribution is 6.05. The molecule has 20 heteroatoms. The summed E-state index contributed by atoms with van der Waals surface area (Å²) >= 11 is 0. The number of rotatable bonds is 14. The quantitative estimate of drug-likeness (QED) is 0.0653. The van der Waals surface area contributed by atoms with E-state index in [0.717, 1.165) is 0 Å². The van der Waals surface area contributed by atoms with Gasteiger partial charge in [0.05, 0.1) is 22.8 Å². The molecule has 0 spiro atoms. The van der Waals surface area contributed by atoms with Crippen LogP contribution in [0.5, 0.6) is 23.0 Å². The van der Waals surface area contributed by atoms with E-state index in [2.05, 4.69) is 36.6 Å². The minimum absolute atomic E-state index is 0.0305. The molecule has 0 aliphatic carbocycles. The van der Waals surface area contributed by atoms with Gasteiger partial charge in [-0.2, -0.15) is 0 Å². The average Bonchev–Trinajstić information content (AvgIpc) is 3.70. The molecule has 0 saturated heterocycles. The van der Waals surface area contributed by atoms with Gasteiger partial charge in [-0.05, 0) is 104 Å². The van der Waals surface area contributed by atoms with Crippen molar-refractivity contribution in [1.82, 2.24) is 34.0 Å². The number of nitrogens with one attached hydrogen (secondary N) is 5. The molecular weight excluding hydrogens is 885 g/mol. The number of para-hydroxylation sites is 1. The number of ether oxygens (including phenoxy) is 2. The van der Waals surface area contributed by atoms with Gasteiger partial charge >= 0.3 is 12.1 Å². The van der Waals surface area contributed by atoms with Gasteiger partial charge in [0.2, 0.25) is 0 Å². The Balaban J connectivity index is 0.849. The number of carbonyl (C=O) groups is 4. The second-order valence-corrected chi connectivity index (χ2v) is 15.4. The van der Waals surface area contributed by atoms with Crippen LogP contribution in [0.2, 0.25) is 0 Å². The van der Waals surface area contributed by atoms with Crippen molar-refractivity contribution in [3.63, 3.8) is 0 Å². The van der Waals surface area contributed by atoms with E-state index in [-0.39, 0.29) is 29.3 Å². The number of carbonyl (C=O) groups excluding carboxylic acids is 4. The van der Waals surface area contributed by atoms with E-state index >= 15 is 0 Å². The number of benzene rings is 4. The third-order valence-corrected chi connectivity index (χ3v) is 10.8. The Kier molecular flexibility index (Phi) is 13.2. The fourth-order valence-corrected chi connectivity index (χ4v) is 7.32. The Hall–Kier alpha value is -9.72. The predicted octanol–water partition coefficient (Wildman–Crippen LogP) is 6.97. The van der Waals surface area contributed by atoms with Gasteiger partial charge in [0.25, 0.3) is 22.9 Å². The second kappa shape index (κ2) is 19.8. The van der Waals surface area contributed by atoms with E-state index in [0.29, 0.717) is 62.7 Å². The van der Waals surface area contributed by atoms with Gasteiger partial charge in [-0.15, -0.1) is 0 Å². The number of primary amides is 1. The summed E-state index contributed by atoms with van der Waals surface area (Å²) in [5.74, 6) is 0.931. The monoisotopic (exact) mass is 928 g/mol. The van der Waals surface area contributed by atoms with Crippen LogP contribution in [0, 0.1) is 13.8 Å². The van der Waals surface area contributed by atoms with Crippen molar-refractivity contribution in [3.8, 4) is 34.4 Å². The SMILES string of the molecule is Cc1c(C(=O)Nc2ccc(Oc3ccnc(NC(=O)NCc4cccc(-n5c(=O)c(C(=O)Nc6ccc(Oc7ccnc(NC(N)=O)c7)cc6)c(C)n5C)c4)c3)cc2)c(=O)n(-c2ccccc2)n1C. The van der Waals surface area contributed by atoms with Gasteiger partial charge in [0.15, 0.2) is 0 Å². The molecule has 0 atom stereocenters. The minimum atomic E-state index is -0.762. The predicted molar refractivity (Wildman–Crippen MR) is 258 cm³/mol. The van der Waals surface area contributed by atoms with Crippen molar-refractivity contribution < 1.29 is 28.7 Å². The lowest BCUT2D eigenvalue weighted by Crippen LogP contribution is -2.29. The molecule has 0 radical (unpaired) electrons. The van der Waals surface area contributed by atoms with E-state index in [4.69, 9.17) is 15.2 Å². The topological polar surface area (TPSA) is 253 Å². The Bertz CT molecular complexity index is 3360. The fourth-order valence-electron chi connectivity index (χ4n) is 7.32. The van der Waals surface area contributed by atoms with Crippen LogP contribution < -0.4 is 52.9 Å². The molecule has 4 aromatic heterocycles. The summed E-state index contributed by atoms with van der Waals surface area (Å²) in [7, 11) is 3.39. The maximum atomic E-state index is 13.8. The Labute approximate surface area is 392 Å². The molecule has 20 nitrogen and oxygen atoms in total. The third kappa shape index (κ3) is 10.4. The summed E-state index contributed by atoms with van der Waals surface area (Å²) in [5.41, 5.74) is 7.74. The van der Waals surface area contributed by atoms with Crippen LogP contribution in [0.3, 0.4) is 0 Å². The third-order valence-electron chi connectivity index (χ3n) is 10.8. The summed E-state index contributed by atoms with van der Waals surface area (Å²) in [6.45, 7) is 3.47. The molecule has 0 bridgehead atoms. The van der Waals surface area contributed by atoms with Crippen molar-refractivity contribution in [2.45, 2.75) is 20.4 Å². The largest absolute Gasteiger partial charge is 0.457 e. The van der Waals surface area contributed by atoms with Crippen molar-refractivity contribution in [2.24, 2.45) is 19.8 Å². The molecule has 0 aliphatic heterocycles. The molecule has 348 valence electrons. The molecule has 8 aromatic rings. The van der Waals surface area contributed by atoms with Gasteiger partial charge in [0, 0.05) is 56.5 Å². The first-order valence-corrected chi connectivity index (χ1v) is 21.2. The lowest BCUT2D eigenvalue weighted by Gasteiger charge is -2.12. The zero-order valence-electron chi connectivity index (χ0n) is 37.5. The number of aromatic nitrogens is 6. The van der Waals surface area contributed by atoms with Crippen LogP contribution in [0.25, 0.3) is 11.4 Å². The van der Waals surface area contributed by atoms with E-state index in [1.165, 1.54) is 27.8 Å². The molecule has 0 saturated carbocycles. The summed E-state index contributed by atoms with van der Waals surface area (Å²) in [5, 5.41) is 13.4. The number of hydrogen-bond acceptors (Lipinski definition) is 10.